The first-order valence-corrected chi connectivity index (χ1v) is 7.92. The van der Waals surface area contributed by atoms with Crippen LogP contribution < -0.4 is 14.8 Å². The highest BCUT2D eigenvalue weighted by Gasteiger charge is 2.23. The molecule has 0 aliphatic carbocycles. The number of sulfone groups is 1. The highest BCUT2D eigenvalue weighted by molar-refractivity contribution is 7.92. The fourth-order valence-electron chi connectivity index (χ4n) is 1.52. The van der Waals surface area contributed by atoms with Crippen molar-refractivity contribution < 1.29 is 22.7 Å². The van der Waals surface area contributed by atoms with Crippen LogP contribution in [0.3, 0.4) is 0 Å². The van der Waals surface area contributed by atoms with Crippen LogP contribution in [0.2, 0.25) is 0 Å². The van der Waals surface area contributed by atoms with Crippen LogP contribution in [0.1, 0.15) is 12.5 Å². The third-order valence-electron chi connectivity index (χ3n) is 2.93. The Labute approximate surface area is 119 Å². The molecule has 1 aromatic rings. The maximum Gasteiger partial charge on any atom is 0.238 e. The van der Waals surface area contributed by atoms with E-state index < -0.39 is 21.0 Å². The van der Waals surface area contributed by atoms with Crippen molar-refractivity contribution in [2.75, 3.05) is 20.5 Å². The van der Waals surface area contributed by atoms with E-state index in [0.29, 0.717) is 11.5 Å². The predicted molar refractivity (Wildman–Crippen MR) is 75.7 cm³/mol. The van der Waals surface area contributed by atoms with Gasteiger partial charge in [0, 0.05) is 12.8 Å². The predicted octanol–water partition coefficient (Wildman–Crippen LogP) is 0.753. The van der Waals surface area contributed by atoms with Crippen molar-refractivity contribution in [1.29, 1.82) is 0 Å². The molecule has 20 heavy (non-hydrogen) atoms. The van der Waals surface area contributed by atoms with E-state index in [2.05, 4.69) is 5.32 Å². The second kappa shape index (κ2) is 6.60. The lowest BCUT2D eigenvalue weighted by Gasteiger charge is -2.12. The van der Waals surface area contributed by atoms with Crippen LogP contribution in [-0.2, 0) is 21.2 Å². The van der Waals surface area contributed by atoms with Gasteiger partial charge in [-0.25, -0.2) is 8.42 Å². The zero-order valence-corrected chi connectivity index (χ0v) is 12.8. The van der Waals surface area contributed by atoms with E-state index >= 15 is 0 Å². The number of carbonyl (C=O) groups is 1. The van der Waals surface area contributed by atoms with E-state index in [0.717, 1.165) is 11.8 Å². The molecule has 1 atom stereocenters. The van der Waals surface area contributed by atoms with E-state index in [4.69, 9.17) is 9.47 Å². The maximum absolute atomic E-state index is 11.7. The number of rotatable bonds is 6. The number of methoxy groups -OCH3 is 2. The Morgan fingerprint density at radius 1 is 1.25 bits per heavy atom. The number of ether oxygens (including phenoxy) is 2. The molecule has 0 saturated carbocycles. The normalized spacial score (nSPS) is 12.6. The molecule has 0 fully saturated rings. The molecule has 1 N–H and O–H groups in total. The summed E-state index contributed by atoms with van der Waals surface area (Å²) in [4.78, 5) is 11.7. The number of amides is 1. The number of hydrogen-bond acceptors (Lipinski definition) is 5. The Kier molecular flexibility index (Phi) is 5.38. The third kappa shape index (κ3) is 4.12. The van der Waals surface area contributed by atoms with Crippen molar-refractivity contribution in [3.05, 3.63) is 23.8 Å². The first kappa shape index (κ1) is 16.3. The van der Waals surface area contributed by atoms with Crippen molar-refractivity contribution in [2.45, 2.75) is 18.7 Å². The van der Waals surface area contributed by atoms with Gasteiger partial charge in [0.1, 0.15) is 5.25 Å². The number of carbonyl (C=O) groups excluding carboxylic acids is 1. The van der Waals surface area contributed by atoms with E-state index in [1.165, 1.54) is 21.1 Å². The average Bonchev–Trinajstić information content (AvgIpc) is 2.42. The van der Waals surface area contributed by atoms with Gasteiger partial charge >= 0.3 is 0 Å². The summed E-state index contributed by atoms with van der Waals surface area (Å²) < 4.78 is 32.8. The Bertz CT molecular complexity index is 582. The van der Waals surface area contributed by atoms with Crippen molar-refractivity contribution >= 4 is 15.7 Å². The molecule has 0 aliphatic rings. The SMILES string of the molecule is COc1ccc(CNC(=O)C(C)S(C)(=O)=O)cc1OC. The monoisotopic (exact) mass is 301 g/mol. The fraction of sp³-hybridized carbons (Fsp3) is 0.462. The van der Waals surface area contributed by atoms with Crippen molar-refractivity contribution in [1.82, 2.24) is 5.32 Å². The van der Waals surface area contributed by atoms with Crippen LogP contribution in [0.15, 0.2) is 18.2 Å². The summed E-state index contributed by atoms with van der Waals surface area (Å²) in [7, 11) is -0.332. The van der Waals surface area contributed by atoms with Crippen molar-refractivity contribution in [3.63, 3.8) is 0 Å². The van der Waals surface area contributed by atoms with Gasteiger partial charge in [0.2, 0.25) is 5.91 Å². The molecule has 1 amide bonds. The molecule has 0 spiro atoms. The largest absolute Gasteiger partial charge is 0.493 e. The smallest absolute Gasteiger partial charge is 0.238 e. The summed E-state index contributed by atoms with van der Waals surface area (Å²) in [5.41, 5.74) is 0.789. The summed E-state index contributed by atoms with van der Waals surface area (Å²) >= 11 is 0. The highest BCUT2D eigenvalue weighted by atomic mass is 32.2. The zero-order chi connectivity index (χ0) is 15.3. The average molecular weight is 301 g/mol. The Balaban J connectivity index is 2.73. The molecule has 0 aliphatic heterocycles. The molecule has 1 rings (SSSR count). The Hall–Kier alpha value is -1.76. The third-order valence-corrected chi connectivity index (χ3v) is 4.42. The zero-order valence-electron chi connectivity index (χ0n) is 12.0. The Morgan fingerprint density at radius 2 is 1.85 bits per heavy atom. The van der Waals surface area contributed by atoms with E-state index in [1.54, 1.807) is 18.2 Å². The number of benzene rings is 1. The molecule has 7 heteroatoms. The fourth-order valence-corrected chi connectivity index (χ4v) is 1.99. The van der Waals surface area contributed by atoms with Crippen molar-refractivity contribution in [3.8, 4) is 11.5 Å². The summed E-state index contributed by atoms with van der Waals surface area (Å²) in [5, 5.41) is 1.51. The second-order valence-electron chi connectivity index (χ2n) is 4.38. The quantitative estimate of drug-likeness (QED) is 0.838. The second-order valence-corrected chi connectivity index (χ2v) is 6.75. The molecule has 0 saturated heterocycles. The number of hydrogen-bond donors (Lipinski definition) is 1. The van der Waals surface area contributed by atoms with Gasteiger partial charge in [0.05, 0.1) is 14.2 Å². The van der Waals surface area contributed by atoms with Crippen LogP contribution in [0.5, 0.6) is 11.5 Å². The summed E-state index contributed by atoms with van der Waals surface area (Å²) in [5.74, 6) is 0.616. The molecule has 1 aromatic carbocycles. The summed E-state index contributed by atoms with van der Waals surface area (Å²) in [6.45, 7) is 1.58. The Morgan fingerprint density at radius 3 is 2.35 bits per heavy atom. The molecule has 0 radical (unpaired) electrons. The molecule has 6 nitrogen and oxygen atoms in total. The van der Waals surface area contributed by atoms with Crippen LogP contribution in [0, 0.1) is 0 Å². The minimum Gasteiger partial charge on any atom is -0.493 e. The lowest BCUT2D eigenvalue weighted by Crippen LogP contribution is -2.36. The van der Waals surface area contributed by atoms with E-state index in [9.17, 15) is 13.2 Å². The highest BCUT2D eigenvalue weighted by Crippen LogP contribution is 2.27. The van der Waals surface area contributed by atoms with Crippen molar-refractivity contribution in [2.24, 2.45) is 0 Å². The van der Waals surface area contributed by atoms with Gasteiger partial charge in [-0.15, -0.1) is 0 Å². The first-order chi connectivity index (χ1) is 9.29. The van der Waals surface area contributed by atoms with Crippen LogP contribution in [0.4, 0.5) is 0 Å². The lowest BCUT2D eigenvalue weighted by atomic mass is 10.2. The maximum atomic E-state index is 11.7. The van der Waals surface area contributed by atoms with Crippen LogP contribution in [0.25, 0.3) is 0 Å². The van der Waals surface area contributed by atoms with Gasteiger partial charge in [-0.1, -0.05) is 6.07 Å². The van der Waals surface area contributed by atoms with E-state index in [-0.39, 0.29) is 6.54 Å². The molecule has 1 unspecified atom stereocenters. The van der Waals surface area contributed by atoms with Gasteiger partial charge in [0.25, 0.3) is 0 Å². The van der Waals surface area contributed by atoms with Gasteiger partial charge in [-0.05, 0) is 24.6 Å². The minimum absolute atomic E-state index is 0.221. The van der Waals surface area contributed by atoms with Gasteiger partial charge in [-0.2, -0.15) is 0 Å². The minimum atomic E-state index is -3.39. The summed E-state index contributed by atoms with van der Waals surface area (Å²) in [6.07, 6.45) is 1.04. The molecule has 0 bridgehead atoms. The molecular weight excluding hydrogens is 282 g/mol. The van der Waals surface area contributed by atoms with E-state index in [1.807, 2.05) is 0 Å². The molecule has 112 valence electrons. The van der Waals surface area contributed by atoms with Gasteiger partial charge in [-0.3, -0.25) is 4.79 Å². The van der Waals surface area contributed by atoms with Crippen LogP contribution >= 0.6 is 0 Å². The van der Waals surface area contributed by atoms with Crippen LogP contribution in [-0.4, -0.2) is 40.1 Å². The number of nitrogens with one attached hydrogen (secondary N) is 1. The topological polar surface area (TPSA) is 81.7 Å². The van der Waals surface area contributed by atoms with Gasteiger partial charge in [0.15, 0.2) is 21.3 Å². The summed E-state index contributed by atoms with van der Waals surface area (Å²) in [6, 6.07) is 5.22. The lowest BCUT2D eigenvalue weighted by molar-refractivity contribution is -0.120. The molecule has 0 aromatic heterocycles. The molecular formula is C13H19NO5S. The van der Waals surface area contributed by atoms with Gasteiger partial charge < -0.3 is 14.8 Å². The first-order valence-electron chi connectivity index (χ1n) is 5.97. The standard InChI is InChI=1S/C13H19NO5S/c1-9(20(4,16)17)13(15)14-8-10-5-6-11(18-2)12(7-10)19-3/h5-7,9H,8H2,1-4H3,(H,14,15). The molecule has 0 heterocycles.